The van der Waals surface area contributed by atoms with Crippen molar-refractivity contribution in [2.45, 2.75) is 19.9 Å². The normalized spacial score (nSPS) is 10.5. The summed E-state index contributed by atoms with van der Waals surface area (Å²) in [7, 11) is 1.60. The van der Waals surface area contributed by atoms with E-state index in [-0.39, 0.29) is 12.3 Å². The second kappa shape index (κ2) is 7.57. The number of aryl methyl sites for hydroxylation is 2. The molecule has 1 amide bonds. The number of ether oxygens (including phenoxy) is 1. The van der Waals surface area contributed by atoms with Gasteiger partial charge in [-0.2, -0.15) is 4.80 Å². The highest BCUT2D eigenvalue weighted by molar-refractivity contribution is 5.90. The van der Waals surface area contributed by atoms with Crippen molar-refractivity contribution >= 4 is 11.6 Å². The van der Waals surface area contributed by atoms with Gasteiger partial charge in [-0.15, -0.1) is 10.2 Å². The molecule has 1 aromatic heterocycles. The summed E-state index contributed by atoms with van der Waals surface area (Å²) in [5.41, 5.74) is 2.79. The van der Waals surface area contributed by atoms with Crippen molar-refractivity contribution < 1.29 is 9.53 Å². The topological polar surface area (TPSA) is 81.9 Å². The predicted molar refractivity (Wildman–Crippen MR) is 94.2 cm³/mol. The number of amides is 1. The molecule has 7 heteroatoms. The van der Waals surface area contributed by atoms with Crippen LogP contribution in [0.5, 0.6) is 5.75 Å². The van der Waals surface area contributed by atoms with Gasteiger partial charge in [-0.3, -0.25) is 4.79 Å². The SMILES string of the molecule is COc1ccc(NC(=O)CCn2nnc(-c3ccc(C)cc3)n2)cc1. The van der Waals surface area contributed by atoms with Crippen LogP contribution in [-0.4, -0.2) is 33.2 Å². The number of benzene rings is 2. The van der Waals surface area contributed by atoms with Gasteiger partial charge < -0.3 is 10.1 Å². The van der Waals surface area contributed by atoms with Crippen LogP contribution in [0.4, 0.5) is 5.69 Å². The molecule has 128 valence electrons. The molecule has 1 N–H and O–H groups in total. The molecule has 0 radical (unpaired) electrons. The standard InChI is InChI=1S/C18H19N5O2/c1-13-3-5-14(6-4-13)18-20-22-23(21-18)12-11-17(24)19-15-7-9-16(25-2)10-8-15/h3-10H,11-12H2,1-2H3,(H,19,24). The number of tetrazole rings is 1. The van der Waals surface area contributed by atoms with Crippen molar-refractivity contribution in [1.29, 1.82) is 0 Å². The second-order valence-corrected chi connectivity index (χ2v) is 5.60. The number of aromatic nitrogens is 4. The molecule has 1 heterocycles. The van der Waals surface area contributed by atoms with Crippen LogP contribution < -0.4 is 10.1 Å². The van der Waals surface area contributed by atoms with E-state index in [0.717, 1.165) is 17.0 Å². The number of hydrogen-bond donors (Lipinski definition) is 1. The zero-order valence-electron chi connectivity index (χ0n) is 14.1. The fourth-order valence-electron chi connectivity index (χ4n) is 2.26. The Morgan fingerprint density at radius 2 is 1.84 bits per heavy atom. The Hall–Kier alpha value is -3.22. The van der Waals surface area contributed by atoms with Crippen molar-refractivity contribution in [2.75, 3.05) is 12.4 Å². The summed E-state index contributed by atoms with van der Waals surface area (Å²) in [6.45, 7) is 2.39. The van der Waals surface area contributed by atoms with Gasteiger partial charge in [0.1, 0.15) is 5.75 Å². The lowest BCUT2D eigenvalue weighted by molar-refractivity contribution is -0.116. The van der Waals surface area contributed by atoms with E-state index in [1.54, 1.807) is 31.4 Å². The zero-order valence-corrected chi connectivity index (χ0v) is 14.1. The quantitative estimate of drug-likeness (QED) is 0.748. The number of methoxy groups -OCH3 is 1. The van der Waals surface area contributed by atoms with Gasteiger partial charge in [0, 0.05) is 17.7 Å². The van der Waals surface area contributed by atoms with Crippen molar-refractivity contribution in [3.05, 3.63) is 54.1 Å². The smallest absolute Gasteiger partial charge is 0.226 e. The van der Waals surface area contributed by atoms with Crippen LogP contribution >= 0.6 is 0 Å². The van der Waals surface area contributed by atoms with Gasteiger partial charge in [-0.1, -0.05) is 29.8 Å². The molecule has 0 aliphatic rings. The molecule has 0 aliphatic heterocycles. The van der Waals surface area contributed by atoms with E-state index >= 15 is 0 Å². The monoisotopic (exact) mass is 337 g/mol. The van der Waals surface area contributed by atoms with Gasteiger partial charge in [0.2, 0.25) is 11.7 Å². The Kier molecular flexibility index (Phi) is 5.03. The number of anilines is 1. The summed E-state index contributed by atoms with van der Waals surface area (Å²) in [5.74, 6) is 1.18. The Morgan fingerprint density at radius 3 is 2.52 bits per heavy atom. The Bertz CT molecular complexity index is 841. The molecule has 0 aliphatic carbocycles. The minimum atomic E-state index is -0.112. The molecule has 0 bridgehead atoms. The lowest BCUT2D eigenvalue weighted by Crippen LogP contribution is -2.15. The predicted octanol–water partition coefficient (Wildman–Crippen LogP) is 2.69. The first-order valence-electron chi connectivity index (χ1n) is 7.93. The van der Waals surface area contributed by atoms with Crippen LogP contribution in [-0.2, 0) is 11.3 Å². The van der Waals surface area contributed by atoms with Crippen molar-refractivity contribution in [2.24, 2.45) is 0 Å². The molecule has 0 spiro atoms. The molecule has 3 aromatic rings. The molecular weight excluding hydrogens is 318 g/mol. The van der Waals surface area contributed by atoms with E-state index in [2.05, 4.69) is 20.7 Å². The van der Waals surface area contributed by atoms with Crippen LogP contribution in [0.25, 0.3) is 11.4 Å². The van der Waals surface area contributed by atoms with E-state index < -0.39 is 0 Å². The van der Waals surface area contributed by atoms with Crippen LogP contribution in [0.15, 0.2) is 48.5 Å². The minimum absolute atomic E-state index is 0.112. The summed E-state index contributed by atoms with van der Waals surface area (Å²) < 4.78 is 5.09. The maximum Gasteiger partial charge on any atom is 0.226 e. The Morgan fingerprint density at radius 1 is 1.12 bits per heavy atom. The van der Waals surface area contributed by atoms with E-state index in [9.17, 15) is 4.79 Å². The highest BCUT2D eigenvalue weighted by Gasteiger charge is 2.08. The number of nitrogens with one attached hydrogen (secondary N) is 1. The van der Waals surface area contributed by atoms with Crippen LogP contribution in [0.3, 0.4) is 0 Å². The van der Waals surface area contributed by atoms with Crippen molar-refractivity contribution in [3.8, 4) is 17.1 Å². The Labute approximate surface area is 145 Å². The maximum atomic E-state index is 12.0. The van der Waals surface area contributed by atoms with Gasteiger partial charge >= 0.3 is 0 Å². The van der Waals surface area contributed by atoms with E-state index in [4.69, 9.17) is 4.74 Å². The summed E-state index contributed by atoms with van der Waals surface area (Å²) >= 11 is 0. The molecule has 0 fully saturated rings. The second-order valence-electron chi connectivity index (χ2n) is 5.60. The summed E-state index contributed by atoms with van der Waals surface area (Å²) in [5, 5.41) is 15.2. The van der Waals surface area contributed by atoms with Gasteiger partial charge in [-0.05, 0) is 36.4 Å². The number of hydrogen-bond acceptors (Lipinski definition) is 5. The molecule has 7 nitrogen and oxygen atoms in total. The first-order valence-corrected chi connectivity index (χ1v) is 7.93. The van der Waals surface area contributed by atoms with Crippen LogP contribution in [0, 0.1) is 6.92 Å². The zero-order chi connectivity index (χ0) is 17.6. The molecule has 0 unspecified atom stereocenters. The van der Waals surface area contributed by atoms with Crippen LogP contribution in [0.1, 0.15) is 12.0 Å². The highest BCUT2D eigenvalue weighted by atomic mass is 16.5. The Balaban J connectivity index is 1.54. The fraction of sp³-hybridized carbons (Fsp3) is 0.222. The number of carbonyl (C=O) groups excluding carboxylic acids is 1. The van der Waals surface area contributed by atoms with E-state index in [1.165, 1.54) is 10.4 Å². The fourth-order valence-corrected chi connectivity index (χ4v) is 2.26. The molecule has 3 rings (SSSR count). The van der Waals surface area contributed by atoms with Gasteiger partial charge in [0.05, 0.1) is 13.7 Å². The average molecular weight is 337 g/mol. The highest BCUT2D eigenvalue weighted by Crippen LogP contribution is 2.16. The number of nitrogens with zero attached hydrogens (tertiary/aromatic N) is 4. The molecule has 0 saturated heterocycles. The number of rotatable bonds is 6. The molecule has 2 aromatic carbocycles. The minimum Gasteiger partial charge on any atom is -0.497 e. The van der Waals surface area contributed by atoms with E-state index in [1.807, 2.05) is 31.2 Å². The van der Waals surface area contributed by atoms with E-state index in [0.29, 0.717) is 12.4 Å². The van der Waals surface area contributed by atoms with Crippen molar-refractivity contribution in [1.82, 2.24) is 20.2 Å². The largest absolute Gasteiger partial charge is 0.497 e. The summed E-state index contributed by atoms with van der Waals surface area (Å²) in [4.78, 5) is 13.5. The van der Waals surface area contributed by atoms with Gasteiger partial charge in [0.25, 0.3) is 0 Å². The maximum absolute atomic E-state index is 12.0. The first kappa shape index (κ1) is 16.6. The third kappa shape index (κ3) is 4.41. The first-order chi connectivity index (χ1) is 12.1. The van der Waals surface area contributed by atoms with Crippen molar-refractivity contribution in [3.63, 3.8) is 0 Å². The number of carbonyl (C=O) groups is 1. The molecular formula is C18H19N5O2. The molecule has 25 heavy (non-hydrogen) atoms. The lowest BCUT2D eigenvalue weighted by atomic mass is 10.1. The van der Waals surface area contributed by atoms with Gasteiger partial charge in [-0.25, -0.2) is 0 Å². The summed E-state index contributed by atoms with van der Waals surface area (Å²) in [6, 6.07) is 15.1. The lowest BCUT2D eigenvalue weighted by Gasteiger charge is -2.05. The molecule has 0 atom stereocenters. The van der Waals surface area contributed by atoms with Gasteiger partial charge in [0.15, 0.2) is 0 Å². The molecule has 0 saturated carbocycles. The summed E-state index contributed by atoms with van der Waals surface area (Å²) in [6.07, 6.45) is 0.260. The van der Waals surface area contributed by atoms with Crippen LogP contribution in [0.2, 0.25) is 0 Å². The average Bonchev–Trinajstić information content (AvgIpc) is 3.10. The third-order valence-corrected chi connectivity index (χ3v) is 3.68. The third-order valence-electron chi connectivity index (χ3n) is 3.68.